The van der Waals surface area contributed by atoms with Gasteiger partial charge in [-0.2, -0.15) is 17.0 Å². The monoisotopic (exact) mass is 406 g/mol. The summed E-state index contributed by atoms with van der Waals surface area (Å²) in [6.07, 6.45) is 0.737. The van der Waals surface area contributed by atoms with E-state index in [-0.39, 0.29) is 17.8 Å². The highest BCUT2D eigenvalue weighted by atomic mass is 79.9. The van der Waals surface area contributed by atoms with Gasteiger partial charge in [0.1, 0.15) is 5.82 Å². The lowest BCUT2D eigenvalue weighted by molar-refractivity contribution is 0.0700. The summed E-state index contributed by atoms with van der Waals surface area (Å²) in [6, 6.07) is 6.26. The van der Waals surface area contributed by atoms with Gasteiger partial charge in [-0.05, 0) is 30.0 Å². The molecule has 5 nitrogen and oxygen atoms in total. The molecule has 2 aliphatic rings. The zero-order valence-electron chi connectivity index (χ0n) is 12.7. The minimum atomic E-state index is -3.49. The smallest absolute Gasteiger partial charge is 0.282 e. The van der Waals surface area contributed by atoms with E-state index in [0.717, 1.165) is 12.0 Å². The van der Waals surface area contributed by atoms with E-state index < -0.39 is 10.2 Å². The van der Waals surface area contributed by atoms with Gasteiger partial charge in [0.15, 0.2) is 0 Å². The van der Waals surface area contributed by atoms with Crippen molar-refractivity contribution in [1.82, 2.24) is 8.61 Å². The Labute approximate surface area is 144 Å². The first-order valence-electron chi connectivity index (χ1n) is 7.68. The summed E-state index contributed by atoms with van der Waals surface area (Å²) in [7, 11) is -3.49. The summed E-state index contributed by atoms with van der Waals surface area (Å²) in [6.45, 7) is 2.10. The zero-order chi connectivity index (χ0) is 16.4. The summed E-state index contributed by atoms with van der Waals surface area (Å²) in [5.74, 6) is -0.185. The van der Waals surface area contributed by atoms with Crippen LogP contribution in [0.15, 0.2) is 24.3 Å². The topological polar surface area (TPSA) is 49.9 Å². The first-order valence-corrected chi connectivity index (χ1v) is 10.2. The molecule has 0 aliphatic carbocycles. The SMILES string of the molecule is O=S(=O)(N1CCOCC1)N1C[C@@H](c2ccc(F)cc2)C[C@H]1CBr. The van der Waals surface area contributed by atoms with Crippen molar-refractivity contribution in [2.45, 2.75) is 18.4 Å². The molecule has 1 aromatic carbocycles. The number of morpholine rings is 1. The fourth-order valence-electron chi connectivity index (χ4n) is 3.21. The highest BCUT2D eigenvalue weighted by Gasteiger charge is 2.42. The highest BCUT2D eigenvalue weighted by Crippen LogP contribution is 2.35. The first-order chi connectivity index (χ1) is 11.0. The van der Waals surface area contributed by atoms with Crippen LogP contribution in [0.3, 0.4) is 0 Å². The van der Waals surface area contributed by atoms with Crippen LogP contribution < -0.4 is 0 Å². The number of nitrogens with zero attached hydrogens (tertiary/aromatic N) is 2. The van der Waals surface area contributed by atoms with Gasteiger partial charge in [0, 0.05) is 31.0 Å². The summed E-state index contributed by atoms with van der Waals surface area (Å²) in [5.41, 5.74) is 0.983. The third kappa shape index (κ3) is 3.61. The van der Waals surface area contributed by atoms with Crippen molar-refractivity contribution in [1.29, 1.82) is 0 Å². The van der Waals surface area contributed by atoms with Gasteiger partial charge in [-0.1, -0.05) is 28.1 Å². The van der Waals surface area contributed by atoms with Crippen molar-refractivity contribution in [3.8, 4) is 0 Å². The Morgan fingerprint density at radius 3 is 2.48 bits per heavy atom. The van der Waals surface area contributed by atoms with E-state index in [2.05, 4.69) is 15.9 Å². The van der Waals surface area contributed by atoms with Gasteiger partial charge in [-0.25, -0.2) is 4.39 Å². The van der Waals surface area contributed by atoms with Gasteiger partial charge in [-0.3, -0.25) is 0 Å². The van der Waals surface area contributed by atoms with Crippen LogP contribution in [0.4, 0.5) is 4.39 Å². The molecule has 2 atom stereocenters. The van der Waals surface area contributed by atoms with Crippen LogP contribution in [-0.2, 0) is 14.9 Å². The van der Waals surface area contributed by atoms with E-state index in [1.54, 1.807) is 16.4 Å². The third-order valence-corrected chi connectivity index (χ3v) is 7.28. The van der Waals surface area contributed by atoms with Crippen LogP contribution in [0.5, 0.6) is 0 Å². The molecule has 0 amide bonds. The number of hydrogen-bond acceptors (Lipinski definition) is 3. The normalized spacial score (nSPS) is 27.4. The van der Waals surface area contributed by atoms with Crippen LogP contribution in [-0.4, -0.2) is 61.2 Å². The lowest BCUT2D eigenvalue weighted by Crippen LogP contribution is -2.50. The molecular weight excluding hydrogens is 387 g/mol. The third-order valence-electron chi connectivity index (χ3n) is 4.48. The molecule has 2 heterocycles. The lowest BCUT2D eigenvalue weighted by atomic mass is 9.97. The largest absolute Gasteiger partial charge is 0.379 e. The van der Waals surface area contributed by atoms with Crippen LogP contribution in [0.25, 0.3) is 0 Å². The van der Waals surface area contributed by atoms with E-state index in [1.165, 1.54) is 16.4 Å². The molecule has 2 fully saturated rings. The van der Waals surface area contributed by atoms with Gasteiger partial charge in [0.2, 0.25) is 0 Å². The first kappa shape index (κ1) is 17.3. The molecule has 0 spiro atoms. The van der Waals surface area contributed by atoms with Gasteiger partial charge >= 0.3 is 0 Å². The lowest BCUT2D eigenvalue weighted by Gasteiger charge is -2.32. The van der Waals surface area contributed by atoms with Crippen molar-refractivity contribution in [2.24, 2.45) is 0 Å². The summed E-state index contributed by atoms with van der Waals surface area (Å²) in [4.78, 5) is 0. The average molecular weight is 407 g/mol. The van der Waals surface area contributed by atoms with Gasteiger partial charge in [-0.15, -0.1) is 0 Å². The molecule has 3 rings (SSSR count). The minimum Gasteiger partial charge on any atom is -0.379 e. The molecule has 8 heteroatoms. The van der Waals surface area contributed by atoms with Crippen molar-refractivity contribution in [3.05, 3.63) is 35.6 Å². The quantitative estimate of drug-likeness (QED) is 0.718. The van der Waals surface area contributed by atoms with Crippen LogP contribution >= 0.6 is 15.9 Å². The van der Waals surface area contributed by atoms with Crippen LogP contribution in [0.2, 0.25) is 0 Å². The molecule has 2 aliphatic heterocycles. The molecule has 1 aromatic rings. The number of ether oxygens (including phenoxy) is 1. The Morgan fingerprint density at radius 1 is 1.22 bits per heavy atom. The molecule has 128 valence electrons. The van der Waals surface area contributed by atoms with Crippen molar-refractivity contribution >= 4 is 26.1 Å². The predicted molar refractivity (Wildman–Crippen MR) is 89.4 cm³/mol. The van der Waals surface area contributed by atoms with Crippen molar-refractivity contribution in [2.75, 3.05) is 38.2 Å². The molecule has 0 N–H and O–H groups in total. The molecule has 0 unspecified atom stereocenters. The number of halogens is 2. The van der Waals surface area contributed by atoms with Crippen molar-refractivity contribution < 1.29 is 17.5 Å². The molecular formula is C15H20BrFN2O3S. The molecule has 0 bridgehead atoms. The van der Waals surface area contributed by atoms with E-state index in [0.29, 0.717) is 38.2 Å². The maximum atomic E-state index is 13.1. The zero-order valence-corrected chi connectivity index (χ0v) is 15.1. The van der Waals surface area contributed by atoms with Crippen molar-refractivity contribution in [3.63, 3.8) is 0 Å². The second-order valence-corrected chi connectivity index (χ2v) is 8.41. The number of alkyl halides is 1. The molecule has 0 saturated carbocycles. The average Bonchev–Trinajstić information content (AvgIpc) is 3.01. The molecule has 0 radical (unpaired) electrons. The minimum absolute atomic E-state index is 0.0853. The second-order valence-electron chi connectivity index (χ2n) is 5.88. The Balaban J connectivity index is 1.80. The van der Waals surface area contributed by atoms with Crippen LogP contribution in [0.1, 0.15) is 17.9 Å². The second kappa shape index (κ2) is 7.14. The standard InChI is InChI=1S/C15H20BrFN2O3S/c16-10-15-9-13(12-1-3-14(17)4-2-12)11-19(15)23(20,21)18-5-7-22-8-6-18/h1-4,13,15H,5-11H2/t13-,15-/m0/s1. The van der Waals surface area contributed by atoms with E-state index in [4.69, 9.17) is 4.74 Å². The van der Waals surface area contributed by atoms with E-state index >= 15 is 0 Å². The Kier molecular flexibility index (Phi) is 5.37. The molecule has 2 saturated heterocycles. The fourth-order valence-corrected chi connectivity index (χ4v) is 5.83. The van der Waals surface area contributed by atoms with E-state index in [9.17, 15) is 12.8 Å². The highest BCUT2D eigenvalue weighted by molar-refractivity contribution is 9.09. The van der Waals surface area contributed by atoms with Gasteiger partial charge in [0.05, 0.1) is 13.2 Å². The predicted octanol–water partition coefficient (Wildman–Crippen LogP) is 1.96. The van der Waals surface area contributed by atoms with Gasteiger partial charge < -0.3 is 4.74 Å². The number of benzene rings is 1. The molecule has 0 aromatic heterocycles. The number of rotatable bonds is 4. The Morgan fingerprint density at radius 2 is 1.87 bits per heavy atom. The Hall–Kier alpha value is -0.540. The van der Waals surface area contributed by atoms with Crippen LogP contribution in [0, 0.1) is 5.82 Å². The fraction of sp³-hybridized carbons (Fsp3) is 0.600. The summed E-state index contributed by atoms with van der Waals surface area (Å²) >= 11 is 3.44. The molecule has 23 heavy (non-hydrogen) atoms. The maximum Gasteiger partial charge on any atom is 0.282 e. The summed E-state index contributed by atoms with van der Waals surface area (Å²) in [5, 5.41) is 0.592. The van der Waals surface area contributed by atoms with Gasteiger partial charge in [0.25, 0.3) is 10.2 Å². The summed E-state index contributed by atoms with van der Waals surface area (Å²) < 4.78 is 47.2. The maximum absolute atomic E-state index is 13.1. The number of hydrogen-bond donors (Lipinski definition) is 0. The Bertz CT molecular complexity index is 635. The van der Waals surface area contributed by atoms with E-state index in [1.807, 2.05) is 0 Å².